The van der Waals surface area contributed by atoms with E-state index < -0.39 is 6.10 Å². The molecular weight excluding hydrogens is 232 g/mol. The molecule has 18 heavy (non-hydrogen) atoms. The molecule has 5 heteroatoms. The van der Waals surface area contributed by atoms with Crippen molar-refractivity contribution in [1.82, 2.24) is 5.32 Å². The Kier molecular flexibility index (Phi) is 5.32. The Morgan fingerprint density at radius 2 is 1.89 bits per heavy atom. The number of hydrogen-bond donors (Lipinski definition) is 3. The summed E-state index contributed by atoms with van der Waals surface area (Å²) < 4.78 is 0. The van der Waals surface area contributed by atoms with Gasteiger partial charge >= 0.3 is 0 Å². The van der Waals surface area contributed by atoms with Crippen LogP contribution in [0.1, 0.15) is 30.6 Å². The highest BCUT2D eigenvalue weighted by Gasteiger charge is 2.05. The molecule has 0 aromatic heterocycles. The molecule has 0 bridgehead atoms. The van der Waals surface area contributed by atoms with E-state index in [0.29, 0.717) is 24.2 Å². The minimum atomic E-state index is -0.424. The van der Waals surface area contributed by atoms with Gasteiger partial charge in [-0.1, -0.05) is 0 Å². The average molecular weight is 250 g/mol. The third kappa shape index (κ3) is 4.97. The number of aliphatic hydroxyl groups excluding tert-OH is 1. The summed E-state index contributed by atoms with van der Waals surface area (Å²) in [5.74, 6) is -0.339. The van der Waals surface area contributed by atoms with Crippen LogP contribution in [0.25, 0.3) is 0 Å². The average Bonchev–Trinajstić information content (AvgIpc) is 2.28. The van der Waals surface area contributed by atoms with Gasteiger partial charge in [-0.15, -0.1) is 0 Å². The summed E-state index contributed by atoms with van der Waals surface area (Å²) in [5.41, 5.74) is 1.18. The van der Waals surface area contributed by atoms with Crippen LogP contribution in [0.15, 0.2) is 24.3 Å². The summed E-state index contributed by atoms with van der Waals surface area (Å²) >= 11 is 0. The number of benzene rings is 1. The van der Waals surface area contributed by atoms with Crippen molar-refractivity contribution in [3.05, 3.63) is 29.8 Å². The van der Waals surface area contributed by atoms with Gasteiger partial charge < -0.3 is 15.7 Å². The first-order valence-corrected chi connectivity index (χ1v) is 5.83. The lowest BCUT2D eigenvalue weighted by atomic mass is 10.2. The van der Waals surface area contributed by atoms with E-state index in [9.17, 15) is 9.59 Å². The van der Waals surface area contributed by atoms with Crippen LogP contribution in [0.5, 0.6) is 0 Å². The van der Waals surface area contributed by atoms with Crippen molar-refractivity contribution in [2.75, 3.05) is 11.9 Å². The minimum Gasteiger partial charge on any atom is -0.393 e. The van der Waals surface area contributed by atoms with E-state index in [1.165, 1.54) is 6.92 Å². The third-order valence-corrected chi connectivity index (χ3v) is 2.32. The van der Waals surface area contributed by atoms with Crippen LogP contribution in [0.2, 0.25) is 0 Å². The zero-order chi connectivity index (χ0) is 13.5. The number of carbonyl (C=O) groups is 2. The maximum absolute atomic E-state index is 11.7. The number of rotatable bonds is 5. The first kappa shape index (κ1) is 14.2. The first-order chi connectivity index (χ1) is 8.49. The lowest BCUT2D eigenvalue weighted by Gasteiger charge is -2.07. The molecule has 5 nitrogen and oxygen atoms in total. The SMILES string of the molecule is CC(=O)Nc1ccc(C(=O)NCCC(C)O)cc1. The van der Waals surface area contributed by atoms with E-state index >= 15 is 0 Å². The lowest BCUT2D eigenvalue weighted by molar-refractivity contribution is -0.114. The summed E-state index contributed by atoms with van der Waals surface area (Å²) in [5, 5.41) is 14.4. The molecule has 0 aliphatic heterocycles. The second-order valence-corrected chi connectivity index (χ2v) is 4.15. The molecule has 0 fully saturated rings. The Labute approximate surface area is 106 Å². The number of aliphatic hydroxyl groups is 1. The normalized spacial score (nSPS) is 11.7. The molecule has 0 spiro atoms. The monoisotopic (exact) mass is 250 g/mol. The van der Waals surface area contributed by atoms with Gasteiger partial charge in [-0.25, -0.2) is 0 Å². The van der Waals surface area contributed by atoms with Gasteiger partial charge in [0.1, 0.15) is 0 Å². The molecule has 3 N–H and O–H groups in total. The Hall–Kier alpha value is -1.88. The highest BCUT2D eigenvalue weighted by atomic mass is 16.3. The molecule has 1 aromatic carbocycles. The molecule has 0 saturated carbocycles. The maximum Gasteiger partial charge on any atom is 0.251 e. The molecule has 0 radical (unpaired) electrons. The number of nitrogens with one attached hydrogen (secondary N) is 2. The Balaban J connectivity index is 2.51. The van der Waals surface area contributed by atoms with Gasteiger partial charge in [-0.3, -0.25) is 9.59 Å². The van der Waals surface area contributed by atoms with Crippen molar-refractivity contribution in [3.8, 4) is 0 Å². The Morgan fingerprint density at radius 1 is 1.28 bits per heavy atom. The molecule has 1 atom stereocenters. The van der Waals surface area contributed by atoms with Gasteiger partial charge in [0.05, 0.1) is 6.10 Å². The summed E-state index contributed by atoms with van der Waals surface area (Å²) in [6.07, 6.45) is 0.0999. The van der Waals surface area contributed by atoms with E-state index in [0.717, 1.165) is 0 Å². The van der Waals surface area contributed by atoms with Crippen LogP contribution < -0.4 is 10.6 Å². The summed E-state index contributed by atoms with van der Waals surface area (Å²) in [6.45, 7) is 3.54. The lowest BCUT2D eigenvalue weighted by Crippen LogP contribution is -2.26. The highest BCUT2D eigenvalue weighted by Crippen LogP contribution is 2.09. The molecule has 0 aliphatic rings. The highest BCUT2D eigenvalue weighted by molar-refractivity contribution is 5.95. The van der Waals surface area contributed by atoms with E-state index in [-0.39, 0.29) is 11.8 Å². The third-order valence-electron chi connectivity index (χ3n) is 2.32. The zero-order valence-corrected chi connectivity index (χ0v) is 10.6. The number of carbonyl (C=O) groups excluding carboxylic acids is 2. The fourth-order valence-electron chi connectivity index (χ4n) is 1.40. The molecule has 1 rings (SSSR count). The summed E-state index contributed by atoms with van der Waals surface area (Å²) in [4.78, 5) is 22.5. The van der Waals surface area contributed by atoms with Crippen molar-refractivity contribution in [3.63, 3.8) is 0 Å². The Bertz CT molecular complexity index is 413. The van der Waals surface area contributed by atoms with Gasteiger partial charge in [0, 0.05) is 24.7 Å². The molecule has 0 saturated heterocycles. The van der Waals surface area contributed by atoms with Crippen LogP contribution >= 0.6 is 0 Å². The molecule has 2 amide bonds. The van der Waals surface area contributed by atoms with Crippen molar-refractivity contribution in [2.24, 2.45) is 0 Å². The first-order valence-electron chi connectivity index (χ1n) is 5.83. The molecule has 1 aromatic rings. The van der Waals surface area contributed by atoms with Crippen LogP contribution in [-0.4, -0.2) is 29.6 Å². The van der Waals surface area contributed by atoms with Gasteiger partial charge in [-0.05, 0) is 37.6 Å². The predicted molar refractivity (Wildman–Crippen MR) is 69.4 cm³/mol. The second-order valence-electron chi connectivity index (χ2n) is 4.15. The molecule has 0 aliphatic carbocycles. The van der Waals surface area contributed by atoms with E-state index in [4.69, 9.17) is 5.11 Å². The van der Waals surface area contributed by atoms with Crippen LogP contribution in [0.3, 0.4) is 0 Å². The molecule has 98 valence electrons. The summed E-state index contributed by atoms with van der Waals surface area (Å²) in [6, 6.07) is 6.63. The van der Waals surface area contributed by atoms with Crippen LogP contribution in [0.4, 0.5) is 5.69 Å². The van der Waals surface area contributed by atoms with Crippen molar-refractivity contribution >= 4 is 17.5 Å². The smallest absolute Gasteiger partial charge is 0.251 e. The van der Waals surface area contributed by atoms with E-state index in [1.54, 1.807) is 31.2 Å². The van der Waals surface area contributed by atoms with Crippen molar-refractivity contribution in [1.29, 1.82) is 0 Å². The molecule has 0 heterocycles. The molecule has 1 unspecified atom stereocenters. The number of hydrogen-bond acceptors (Lipinski definition) is 3. The van der Waals surface area contributed by atoms with Crippen LogP contribution in [0, 0.1) is 0 Å². The predicted octanol–water partition coefficient (Wildman–Crippen LogP) is 1.15. The zero-order valence-electron chi connectivity index (χ0n) is 10.6. The Morgan fingerprint density at radius 3 is 2.39 bits per heavy atom. The fraction of sp³-hybridized carbons (Fsp3) is 0.385. The maximum atomic E-state index is 11.7. The van der Waals surface area contributed by atoms with Crippen molar-refractivity contribution < 1.29 is 14.7 Å². The van der Waals surface area contributed by atoms with Crippen LogP contribution in [-0.2, 0) is 4.79 Å². The minimum absolute atomic E-state index is 0.149. The van der Waals surface area contributed by atoms with E-state index in [2.05, 4.69) is 10.6 Å². The fourth-order valence-corrected chi connectivity index (χ4v) is 1.40. The number of amides is 2. The van der Waals surface area contributed by atoms with Gasteiger partial charge in [0.15, 0.2) is 0 Å². The van der Waals surface area contributed by atoms with E-state index in [1.807, 2.05) is 0 Å². The largest absolute Gasteiger partial charge is 0.393 e. The topological polar surface area (TPSA) is 78.4 Å². The quantitative estimate of drug-likeness (QED) is 0.733. The molecular formula is C13H18N2O3. The van der Waals surface area contributed by atoms with Gasteiger partial charge in [-0.2, -0.15) is 0 Å². The number of anilines is 1. The summed E-state index contributed by atoms with van der Waals surface area (Å²) in [7, 11) is 0. The standard InChI is InChI=1S/C13H18N2O3/c1-9(16)7-8-14-13(18)11-3-5-12(6-4-11)15-10(2)17/h3-6,9,16H,7-8H2,1-2H3,(H,14,18)(H,15,17). The second kappa shape index (κ2) is 6.76. The van der Waals surface area contributed by atoms with Gasteiger partial charge in [0.2, 0.25) is 5.91 Å². The van der Waals surface area contributed by atoms with Gasteiger partial charge in [0.25, 0.3) is 5.91 Å². The van der Waals surface area contributed by atoms with Crippen molar-refractivity contribution in [2.45, 2.75) is 26.4 Å².